The summed E-state index contributed by atoms with van der Waals surface area (Å²) in [7, 11) is 0. The second-order valence-corrected chi connectivity index (χ2v) is 5.84. The lowest BCUT2D eigenvalue weighted by Gasteiger charge is -2.19. The fraction of sp³-hybridized carbons (Fsp3) is 0.429. The second kappa shape index (κ2) is 6.12. The van der Waals surface area contributed by atoms with E-state index < -0.39 is 0 Å². The van der Waals surface area contributed by atoms with Crippen LogP contribution in [-0.4, -0.2) is 28.3 Å². The Labute approximate surface area is 127 Å². The molecule has 1 aliphatic rings. The van der Waals surface area contributed by atoms with Gasteiger partial charge in [0.05, 0.1) is 10.0 Å². The van der Waals surface area contributed by atoms with Crippen molar-refractivity contribution in [3.8, 4) is 0 Å². The Bertz CT molecular complexity index is 591. The van der Waals surface area contributed by atoms with Crippen molar-refractivity contribution in [1.29, 1.82) is 0 Å². The van der Waals surface area contributed by atoms with E-state index in [2.05, 4.69) is 20.5 Å². The number of nitrogens with one attached hydrogen (secondary N) is 2. The predicted molar refractivity (Wildman–Crippen MR) is 80.5 cm³/mol. The lowest BCUT2D eigenvalue weighted by molar-refractivity contribution is 0.446. The summed E-state index contributed by atoms with van der Waals surface area (Å²) in [4.78, 5) is 4.60. The number of rotatable bonds is 3. The highest BCUT2D eigenvalue weighted by atomic mass is 35.5. The molecule has 0 atom stereocenters. The van der Waals surface area contributed by atoms with Gasteiger partial charge >= 0.3 is 0 Å². The zero-order chi connectivity index (χ0) is 13.9. The Hall–Kier alpha value is -1.10. The van der Waals surface area contributed by atoms with Gasteiger partial charge in [-0.1, -0.05) is 35.3 Å². The highest BCUT2D eigenvalue weighted by Gasteiger charge is 2.19. The molecule has 2 heterocycles. The fourth-order valence-electron chi connectivity index (χ4n) is 2.52. The molecule has 1 saturated heterocycles. The van der Waals surface area contributed by atoms with E-state index in [9.17, 15) is 0 Å². The Morgan fingerprint density at radius 2 is 2.00 bits per heavy atom. The van der Waals surface area contributed by atoms with E-state index in [0.29, 0.717) is 22.4 Å². The van der Waals surface area contributed by atoms with Gasteiger partial charge in [-0.15, -0.1) is 0 Å². The molecule has 1 aromatic heterocycles. The maximum Gasteiger partial charge on any atom is 0.153 e. The standard InChI is InChI=1S/C14H16Cl2N4/c15-11-3-1-2-10(13(11)16)8-12-18-14(20-19-12)9-4-6-17-7-5-9/h1-3,9,17H,4-8H2,(H,18,19,20). The third-order valence-electron chi connectivity index (χ3n) is 3.64. The summed E-state index contributed by atoms with van der Waals surface area (Å²) in [6.45, 7) is 2.07. The molecule has 1 fully saturated rings. The van der Waals surface area contributed by atoms with Crippen LogP contribution in [0.25, 0.3) is 0 Å². The van der Waals surface area contributed by atoms with Crippen molar-refractivity contribution in [2.45, 2.75) is 25.2 Å². The molecule has 20 heavy (non-hydrogen) atoms. The molecule has 0 spiro atoms. The van der Waals surface area contributed by atoms with E-state index in [1.165, 1.54) is 0 Å². The van der Waals surface area contributed by atoms with Crippen molar-refractivity contribution in [2.75, 3.05) is 13.1 Å². The summed E-state index contributed by atoms with van der Waals surface area (Å²) in [5.74, 6) is 2.21. The summed E-state index contributed by atoms with van der Waals surface area (Å²) >= 11 is 12.2. The van der Waals surface area contributed by atoms with Crippen LogP contribution in [0.5, 0.6) is 0 Å². The van der Waals surface area contributed by atoms with E-state index in [-0.39, 0.29) is 0 Å². The van der Waals surface area contributed by atoms with Gasteiger partial charge in [0.1, 0.15) is 5.82 Å². The number of H-pyrrole nitrogens is 1. The molecule has 0 aliphatic carbocycles. The second-order valence-electron chi connectivity index (χ2n) is 5.05. The minimum Gasteiger partial charge on any atom is -0.317 e. The average molecular weight is 311 g/mol. The number of piperidine rings is 1. The minimum atomic E-state index is 0.455. The summed E-state index contributed by atoms with van der Waals surface area (Å²) in [5.41, 5.74) is 0.965. The van der Waals surface area contributed by atoms with Crippen molar-refractivity contribution in [3.63, 3.8) is 0 Å². The monoisotopic (exact) mass is 310 g/mol. The number of aromatic nitrogens is 3. The third kappa shape index (κ3) is 2.97. The van der Waals surface area contributed by atoms with E-state index in [4.69, 9.17) is 23.2 Å². The first-order chi connectivity index (χ1) is 9.74. The van der Waals surface area contributed by atoms with Gasteiger partial charge in [0.25, 0.3) is 0 Å². The van der Waals surface area contributed by atoms with Crippen LogP contribution < -0.4 is 5.32 Å². The number of benzene rings is 1. The average Bonchev–Trinajstić information content (AvgIpc) is 2.93. The van der Waals surface area contributed by atoms with Crippen molar-refractivity contribution in [3.05, 3.63) is 45.5 Å². The Kier molecular flexibility index (Phi) is 4.24. The normalized spacial score (nSPS) is 16.5. The van der Waals surface area contributed by atoms with Gasteiger partial charge < -0.3 is 5.32 Å². The molecule has 6 heteroatoms. The maximum absolute atomic E-state index is 6.20. The summed E-state index contributed by atoms with van der Waals surface area (Å²) in [5, 5.41) is 11.9. The van der Waals surface area contributed by atoms with E-state index >= 15 is 0 Å². The SMILES string of the molecule is Clc1cccc(Cc2nc(C3CCNCC3)n[nH]2)c1Cl. The van der Waals surface area contributed by atoms with Crippen LogP contribution in [0.1, 0.15) is 36.0 Å². The van der Waals surface area contributed by atoms with Crippen LogP contribution in [0.4, 0.5) is 0 Å². The topological polar surface area (TPSA) is 53.6 Å². The Morgan fingerprint density at radius 1 is 1.20 bits per heavy atom. The van der Waals surface area contributed by atoms with Gasteiger partial charge in [0.2, 0.25) is 0 Å². The highest BCUT2D eigenvalue weighted by Crippen LogP contribution is 2.27. The number of nitrogens with zero attached hydrogens (tertiary/aromatic N) is 2. The van der Waals surface area contributed by atoms with Crippen molar-refractivity contribution >= 4 is 23.2 Å². The highest BCUT2D eigenvalue weighted by molar-refractivity contribution is 6.42. The zero-order valence-electron chi connectivity index (χ0n) is 11.0. The summed E-state index contributed by atoms with van der Waals surface area (Å²) < 4.78 is 0. The molecule has 4 nitrogen and oxygen atoms in total. The first-order valence-electron chi connectivity index (χ1n) is 6.79. The molecule has 2 N–H and O–H groups in total. The van der Waals surface area contributed by atoms with Gasteiger partial charge in [0.15, 0.2) is 5.82 Å². The first kappa shape index (κ1) is 13.9. The van der Waals surface area contributed by atoms with Crippen LogP contribution in [0, 0.1) is 0 Å². The zero-order valence-corrected chi connectivity index (χ0v) is 12.5. The summed E-state index contributed by atoms with van der Waals surface area (Å²) in [6.07, 6.45) is 2.81. The van der Waals surface area contributed by atoms with Gasteiger partial charge in [-0.25, -0.2) is 4.98 Å². The van der Waals surface area contributed by atoms with Crippen LogP contribution in [0.3, 0.4) is 0 Å². The minimum absolute atomic E-state index is 0.455. The van der Waals surface area contributed by atoms with Gasteiger partial charge in [0, 0.05) is 12.3 Å². The van der Waals surface area contributed by atoms with Crippen LogP contribution >= 0.6 is 23.2 Å². The molecular formula is C14H16Cl2N4. The molecule has 2 aromatic rings. The Balaban J connectivity index is 1.75. The lowest BCUT2D eigenvalue weighted by atomic mass is 9.98. The van der Waals surface area contributed by atoms with E-state index in [1.807, 2.05) is 12.1 Å². The smallest absolute Gasteiger partial charge is 0.153 e. The van der Waals surface area contributed by atoms with Gasteiger partial charge in [-0.05, 0) is 37.6 Å². The first-order valence-corrected chi connectivity index (χ1v) is 7.54. The van der Waals surface area contributed by atoms with Crippen molar-refractivity contribution < 1.29 is 0 Å². The number of aromatic amines is 1. The third-order valence-corrected chi connectivity index (χ3v) is 4.50. The van der Waals surface area contributed by atoms with Crippen LogP contribution in [-0.2, 0) is 6.42 Å². The maximum atomic E-state index is 6.20. The van der Waals surface area contributed by atoms with E-state index in [0.717, 1.165) is 43.1 Å². The van der Waals surface area contributed by atoms with Gasteiger partial charge in [-0.2, -0.15) is 5.10 Å². The quantitative estimate of drug-likeness (QED) is 0.915. The van der Waals surface area contributed by atoms with Gasteiger partial charge in [-0.3, -0.25) is 5.10 Å². The molecule has 0 bridgehead atoms. The van der Waals surface area contributed by atoms with Crippen molar-refractivity contribution in [2.24, 2.45) is 0 Å². The molecule has 1 aromatic carbocycles. The molecule has 0 radical (unpaired) electrons. The molecule has 0 saturated carbocycles. The van der Waals surface area contributed by atoms with E-state index in [1.54, 1.807) is 6.07 Å². The van der Waals surface area contributed by atoms with Crippen LogP contribution in [0.15, 0.2) is 18.2 Å². The molecule has 106 valence electrons. The number of hydrogen-bond acceptors (Lipinski definition) is 3. The van der Waals surface area contributed by atoms with Crippen molar-refractivity contribution in [1.82, 2.24) is 20.5 Å². The number of halogens is 2. The predicted octanol–water partition coefficient (Wildman–Crippen LogP) is 3.17. The summed E-state index contributed by atoms with van der Waals surface area (Å²) in [6, 6.07) is 5.64. The molecular weight excluding hydrogens is 295 g/mol. The molecule has 0 amide bonds. The van der Waals surface area contributed by atoms with Crippen LogP contribution in [0.2, 0.25) is 10.0 Å². The Morgan fingerprint density at radius 3 is 2.80 bits per heavy atom. The lowest BCUT2D eigenvalue weighted by Crippen LogP contribution is -2.27. The number of hydrogen-bond donors (Lipinski definition) is 2. The molecule has 3 rings (SSSR count). The molecule has 0 unspecified atom stereocenters. The molecule has 1 aliphatic heterocycles. The fourth-order valence-corrected chi connectivity index (χ4v) is 2.90. The largest absolute Gasteiger partial charge is 0.317 e.